The zero-order valence-electron chi connectivity index (χ0n) is 12.0. The second kappa shape index (κ2) is 5.91. The number of aryl methyl sites for hydroxylation is 1. The minimum atomic E-state index is -0.117. The fourth-order valence-electron chi connectivity index (χ4n) is 2.39. The molecule has 5 heteroatoms. The first kappa shape index (κ1) is 13.5. The molecule has 3 rings (SSSR count). The number of hydrogen-bond donors (Lipinski definition) is 1. The average Bonchev–Trinajstić information content (AvgIpc) is 3.19. The fourth-order valence-corrected chi connectivity index (χ4v) is 2.39. The van der Waals surface area contributed by atoms with E-state index >= 15 is 0 Å². The quantitative estimate of drug-likeness (QED) is 0.753. The molecule has 0 saturated heterocycles. The van der Waals surface area contributed by atoms with Crippen molar-refractivity contribution >= 4 is 17.0 Å². The molecule has 0 radical (unpaired) electrons. The van der Waals surface area contributed by atoms with Gasteiger partial charge in [-0.3, -0.25) is 4.79 Å². The van der Waals surface area contributed by atoms with Crippen molar-refractivity contribution in [2.45, 2.75) is 32.9 Å². The Morgan fingerprint density at radius 1 is 1.29 bits per heavy atom. The van der Waals surface area contributed by atoms with Crippen molar-refractivity contribution in [1.29, 1.82) is 0 Å². The zero-order chi connectivity index (χ0) is 14.7. The highest BCUT2D eigenvalue weighted by atomic mass is 16.3. The lowest BCUT2D eigenvalue weighted by Crippen LogP contribution is -2.25. The summed E-state index contributed by atoms with van der Waals surface area (Å²) in [6, 6.07) is 7.33. The van der Waals surface area contributed by atoms with Crippen LogP contribution in [0.25, 0.3) is 11.1 Å². The summed E-state index contributed by atoms with van der Waals surface area (Å²) in [6.07, 6.45) is 5.34. The second-order valence-electron chi connectivity index (χ2n) is 4.97. The Balaban J connectivity index is 1.80. The van der Waals surface area contributed by atoms with E-state index in [0.29, 0.717) is 12.2 Å². The van der Waals surface area contributed by atoms with Crippen LogP contribution in [-0.2, 0) is 13.1 Å². The molecule has 3 heterocycles. The van der Waals surface area contributed by atoms with Crippen molar-refractivity contribution in [3.05, 3.63) is 48.2 Å². The Hall–Kier alpha value is -2.43. The van der Waals surface area contributed by atoms with Crippen LogP contribution in [0.4, 0.5) is 0 Å². The van der Waals surface area contributed by atoms with Gasteiger partial charge in [-0.2, -0.15) is 0 Å². The lowest BCUT2D eigenvalue weighted by Gasteiger charge is -2.09. The summed E-state index contributed by atoms with van der Waals surface area (Å²) in [4.78, 5) is 12.4. The number of fused-ring (bicyclic) bond motifs is 1. The van der Waals surface area contributed by atoms with Crippen LogP contribution in [0.3, 0.4) is 0 Å². The molecule has 0 aliphatic carbocycles. The lowest BCUT2D eigenvalue weighted by molar-refractivity contribution is 0.0939. The number of hydrogen-bond acceptors (Lipinski definition) is 3. The smallest absolute Gasteiger partial charge is 0.268 e. The van der Waals surface area contributed by atoms with Gasteiger partial charge in [0.2, 0.25) is 0 Å². The van der Waals surface area contributed by atoms with Crippen LogP contribution in [0.5, 0.6) is 0 Å². The Bertz CT molecular complexity index is 722. The Labute approximate surface area is 122 Å². The number of unbranched alkanes of at least 4 members (excludes halogenated alkanes) is 1. The van der Waals surface area contributed by atoms with Crippen LogP contribution in [0.2, 0.25) is 0 Å². The maximum atomic E-state index is 12.4. The minimum Gasteiger partial charge on any atom is -0.467 e. The topological polar surface area (TPSA) is 60.3 Å². The van der Waals surface area contributed by atoms with Crippen LogP contribution in [0.1, 0.15) is 36.0 Å². The number of carbonyl (C=O) groups is 1. The van der Waals surface area contributed by atoms with Crippen molar-refractivity contribution in [3.8, 4) is 0 Å². The highest BCUT2D eigenvalue weighted by Crippen LogP contribution is 2.22. The first-order valence-corrected chi connectivity index (χ1v) is 7.17. The largest absolute Gasteiger partial charge is 0.467 e. The molecule has 0 unspecified atom stereocenters. The third-order valence-corrected chi connectivity index (χ3v) is 3.49. The van der Waals surface area contributed by atoms with Crippen molar-refractivity contribution in [2.75, 3.05) is 0 Å². The van der Waals surface area contributed by atoms with Crippen molar-refractivity contribution < 1.29 is 13.6 Å². The standard InChI is InChI=1S/C16H18N2O3/c1-2-3-7-18-13-6-9-21-15(13)10-14(18)16(19)17-11-12-5-4-8-20-12/h4-6,8-10H,2-3,7,11H2,1H3,(H,17,19). The van der Waals surface area contributed by atoms with Gasteiger partial charge in [-0.25, -0.2) is 0 Å². The summed E-state index contributed by atoms with van der Waals surface area (Å²) in [6.45, 7) is 3.32. The molecule has 1 N–H and O–H groups in total. The predicted molar refractivity (Wildman–Crippen MR) is 79.0 cm³/mol. The molecule has 0 aromatic carbocycles. The fraction of sp³-hybridized carbons (Fsp3) is 0.312. The maximum Gasteiger partial charge on any atom is 0.268 e. The van der Waals surface area contributed by atoms with E-state index in [0.717, 1.165) is 36.2 Å². The van der Waals surface area contributed by atoms with E-state index in [1.165, 1.54) is 0 Å². The number of nitrogens with one attached hydrogen (secondary N) is 1. The highest BCUT2D eigenvalue weighted by molar-refractivity contribution is 5.97. The van der Waals surface area contributed by atoms with E-state index in [-0.39, 0.29) is 5.91 Å². The summed E-state index contributed by atoms with van der Waals surface area (Å²) in [5.41, 5.74) is 2.34. The molecule has 5 nitrogen and oxygen atoms in total. The summed E-state index contributed by atoms with van der Waals surface area (Å²) < 4.78 is 12.6. The first-order chi connectivity index (χ1) is 10.3. The van der Waals surface area contributed by atoms with E-state index in [9.17, 15) is 4.79 Å². The van der Waals surface area contributed by atoms with Gasteiger partial charge in [0.05, 0.1) is 24.6 Å². The number of aromatic nitrogens is 1. The van der Waals surface area contributed by atoms with Crippen LogP contribution in [-0.4, -0.2) is 10.5 Å². The molecule has 0 spiro atoms. The summed E-state index contributed by atoms with van der Waals surface area (Å²) >= 11 is 0. The third-order valence-electron chi connectivity index (χ3n) is 3.49. The minimum absolute atomic E-state index is 0.117. The number of carbonyl (C=O) groups excluding carboxylic acids is 1. The Kier molecular flexibility index (Phi) is 3.81. The summed E-state index contributed by atoms with van der Waals surface area (Å²) in [5, 5.41) is 2.87. The predicted octanol–water partition coefficient (Wildman–Crippen LogP) is 3.56. The summed E-state index contributed by atoms with van der Waals surface area (Å²) in [5.74, 6) is 0.618. The number of amides is 1. The van der Waals surface area contributed by atoms with Gasteiger partial charge in [0.25, 0.3) is 5.91 Å². The monoisotopic (exact) mass is 286 g/mol. The van der Waals surface area contributed by atoms with Crippen molar-refractivity contribution in [3.63, 3.8) is 0 Å². The molecular formula is C16H18N2O3. The van der Waals surface area contributed by atoms with Gasteiger partial charge in [-0.1, -0.05) is 13.3 Å². The van der Waals surface area contributed by atoms with Crippen LogP contribution >= 0.6 is 0 Å². The van der Waals surface area contributed by atoms with Crippen LogP contribution in [0.15, 0.2) is 45.6 Å². The molecule has 0 fully saturated rings. The van der Waals surface area contributed by atoms with Gasteiger partial charge in [-0.15, -0.1) is 0 Å². The maximum absolute atomic E-state index is 12.4. The Morgan fingerprint density at radius 2 is 2.19 bits per heavy atom. The van der Waals surface area contributed by atoms with E-state index < -0.39 is 0 Å². The number of rotatable bonds is 6. The van der Waals surface area contributed by atoms with Crippen molar-refractivity contribution in [2.24, 2.45) is 0 Å². The molecule has 1 amide bonds. The SMILES string of the molecule is CCCCn1c(C(=O)NCc2ccco2)cc2occc21. The molecule has 21 heavy (non-hydrogen) atoms. The second-order valence-corrected chi connectivity index (χ2v) is 4.97. The first-order valence-electron chi connectivity index (χ1n) is 7.17. The molecule has 0 atom stereocenters. The van der Waals surface area contributed by atoms with Crippen molar-refractivity contribution in [1.82, 2.24) is 9.88 Å². The van der Waals surface area contributed by atoms with Gasteiger partial charge >= 0.3 is 0 Å². The van der Waals surface area contributed by atoms with Gasteiger partial charge in [0, 0.05) is 18.7 Å². The van der Waals surface area contributed by atoms with Gasteiger partial charge in [0.15, 0.2) is 5.58 Å². The van der Waals surface area contributed by atoms with Crippen LogP contribution < -0.4 is 5.32 Å². The zero-order valence-corrected chi connectivity index (χ0v) is 12.0. The lowest BCUT2D eigenvalue weighted by atomic mass is 10.3. The van der Waals surface area contributed by atoms with Crippen LogP contribution in [0, 0.1) is 0 Å². The molecule has 0 bridgehead atoms. The van der Waals surface area contributed by atoms with E-state index in [2.05, 4.69) is 12.2 Å². The highest BCUT2D eigenvalue weighted by Gasteiger charge is 2.17. The van der Waals surface area contributed by atoms with E-state index in [1.54, 1.807) is 24.7 Å². The molecule has 0 aliphatic heterocycles. The molecule has 110 valence electrons. The summed E-state index contributed by atoms with van der Waals surface area (Å²) in [7, 11) is 0. The van der Waals surface area contributed by atoms with Gasteiger partial charge in [-0.05, 0) is 18.6 Å². The molecule has 0 aliphatic rings. The number of furan rings is 2. The third kappa shape index (κ3) is 2.72. The Morgan fingerprint density at radius 3 is 2.95 bits per heavy atom. The van der Waals surface area contributed by atoms with Gasteiger partial charge in [0.1, 0.15) is 11.5 Å². The average molecular weight is 286 g/mol. The normalized spacial score (nSPS) is 11.1. The molecular weight excluding hydrogens is 268 g/mol. The van der Waals surface area contributed by atoms with E-state index in [1.807, 2.05) is 16.7 Å². The van der Waals surface area contributed by atoms with E-state index in [4.69, 9.17) is 8.83 Å². The number of nitrogens with zero attached hydrogens (tertiary/aromatic N) is 1. The molecule has 3 aromatic heterocycles. The molecule has 0 saturated carbocycles. The molecule has 3 aromatic rings. The van der Waals surface area contributed by atoms with Gasteiger partial charge < -0.3 is 18.7 Å².